The Bertz CT molecular complexity index is 679. The average Bonchev–Trinajstić information content (AvgIpc) is 2.46. The van der Waals surface area contributed by atoms with E-state index in [1.165, 1.54) is 6.07 Å². The Kier molecular flexibility index (Phi) is 4.68. The van der Waals surface area contributed by atoms with E-state index in [2.05, 4.69) is 15.3 Å². The Morgan fingerprint density at radius 1 is 1.29 bits per heavy atom. The molecule has 21 heavy (non-hydrogen) atoms. The highest BCUT2D eigenvalue weighted by Crippen LogP contribution is 2.03. The third-order valence-electron chi connectivity index (χ3n) is 2.91. The summed E-state index contributed by atoms with van der Waals surface area (Å²) in [6, 6.07) is 8.27. The second kappa shape index (κ2) is 6.67. The minimum absolute atomic E-state index is 0.164. The van der Waals surface area contributed by atoms with E-state index in [0.29, 0.717) is 30.9 Å². The molecule has 0 aliphatic rings. The molecule has 2 rings (SSSR count). The fourth-order valence-corrected chi connectivity index (χ4v) is 1.84. The number of rotatable bonds is 5. The van der Waals surface area contributed by atoms with Crippen molar-refractivity contribution in [3.63, 3.8) is 0 Å². The van der Waals surface area contributed by atoms with Crippen molar-refractivity contribution in [2.45, 2.75) is 13.0 Å². The van der Waals surface area contributed by atoms with Crippen LogP contribution in [0, 0.1) is 0 Å². The number of benzene rings is 1. The second-order valence-corrected chi connectivity index (χ2v) is 4.52. The number of nitrogens with two attached hydrogens (primary N) is 2. The topological polar surface area (TPSA) is 127 Å². The van der Waals surface area contributed by atoms with Gasteiger partial charge in [0.25, 0.3) is 11.5 Å². The second-order valence-electron chi connectivity index (χ2n) is 4.52. The van der Waals surface area contributed by atoms with Crippen molar-refractivity contribution in [3.05, 3.63) is 57.6 Å². The molecule has 0 aliphatic carbocycles. The molecule has 1 aromatic carbocycles. The fourth-order valence-electron chi connectivity index (χ4n) is 1.84. The van der Waals surface area contributed by atoms with Crippen LogP contribution in [0.25, 0.3) is 0 Å². The number of nitrogen functional groups attached to an aromatic ring is 1. The van der Waals surface area contributed by atoms with Crippen molar-refractivity contribution >= 4 is 11.7 Å². The van der Waals surface area contributed by atoms with Crippen LogP contribution in [0.5, 0.6) is 0 Å². The van der Waals surface area contributed by atoms with Gasteiger partial charge in [0.1, 0.15) is 11.6 Å². The van der Waals surface area contributed by atoms with Crippen LogP contribution in [0.4, 0.5) is 5.82 Å². The zero-order chi connectivity index (χ0) is 15.2. The number of hydrogen-bond acceptors (Lipinski definition) is 5. The number of amides is 1. The van der Waals surface area contributed by atoms with Crippen LogP contribution in [-0.2, 0) is 13.0 Å². The molecule has 0 aliphatic heterocycles. The molecule has 0 saturated heterocycles. The number of nitrogens with one attached hydrogen (secondary N) is 2. The van der Waals surface area contributed by atoms with E-state index < -0.39 is 0 Å². The van der Waals surface area contributed by atoms with Crippen LogP contribution in [0.2, 0.25) is 0 Å². The van der Waals surface area contributed by atoms with Crippen molar-refractivity contribution < 1.29 is 4.79 Å². The van der Waals surface area contributed by atoms with E-state index in [1.807, 2.05) is 12.1 Å². The molecule has 1 aromatic heterocycles. The monoisotopic (exact) mass is 287 g/mol. The van der Waals surface area contributed by atoms with Gasteiger partial charge in [-0.15, -0.1) is 0 Å². The molecule has 0 unspecified atom stereocenters. The smallest absolute Gasteiger partial charge is 0.252 e. The Hall–Kier alpha value is -2.67. The predicted molar refractivity (Wildman–Crippen MR) is 79.6 cm³/mol. The highest BCUT2D eigenvalue weighted by Gasteiger charge is 2.05. The van der Waals surface area contributed by atoms with E-state index in [9.17, 15) is 9.59 Å². The summed E-state index contributed by atoms with van der Waals surface area (Å²) >= 11 is 0. The lowest BCUT2D eigenvalue weighted by molar-refractivity contribution is 0.0954. The first-order valence-electron chi connectivity index (χ1n) is 6.51. The molecule has 0 radical (unpaired) electrons. The number of anilines is 1. The quantitative estimate of drug-likeness (QED) is 0.605. The number of aromatic amines is 1. The summed E-state index contributed by atoms with van der Waals surface area (Å²) < 4.78 is 0. The maximum absolute atomic E-state index is 11.9. The summed E-state index contributed by atoms with van der Waals surface area (Å²) in [7, 11) is 0. The Morgan fingerprint density at radius 2 is 2.00 bits per heavy atom. The first-order chi connectivity index (χ1) is 10.1. The Morgan fingerprint density at radius 3 is 2.62 bits per heavy atom. The van der Waals surface area contributed by atoms with Gasteiger partial charge >= 0.3 is 0 Å². The molecule has 1 amide bonds. The lowest BCUT2D eigenvalue weighted by atomic mass is 10.1. The number of carbonyl (C=O) groups is 1. The fraction of sp³-hybridized carbons (Fsp3) is 0.214. The minimum Gasteiger partial charge on any atom is -0.383 e. The van der Waals surface area contributed by atoms with Gasteiger partial charge in [-0.25, -0.2) is 4.98 Å². The molecule has 0 saturated carbocycles. The highest BCUT2D eigenvalue weighted by molar-refractivity contribution is 5.94. The van der Waals surface area contributed by atoms with Crippen LogP contribution < -0.4 is 22.3 Å². The Labute approximate surface area is 121 Å². The molecule has 1 heterocycles. The maximum Gasteiger partial charge on any atom is 0.252 e. The van der Waals surface area contributed by atoms with Gasteiger partial charge in [-0.3, -0.25) is 9.59 Å². The summed E-state index contributed by atoms with van der Waals surface area (Å²) in [4.78, 5) is 29.7. The van der Waals surface area contributed by atoms with Gasteiger partial charge < -0.3 is 21.8 Å². The third-order valence-corrected chi connectivity index (χ3v) is 2.91. The normalized spacial score (nSPS) is 10.3. The van der Waals surface area contributed by atoms with E-state index in [-0.39, 0.29) is 17.3 Å². The number of carbonyl (C=O) groups excluding carboxylic acids is 1. The number of hydrogen-bond donors (Lipinski definition) is 4. The van der Waals surface area contributed by atoms with Crippen LogP contribution in [0.3, 0.4) is 0 Å². The molecule has 0 bridgehead atoms. The van der Waals surface area contributed by atoms with Gasteiger partial charge in [0, 0.05) is 31.1 Å². The van der Waals surface area contributed by atoms with Crippen molar-refractivity contribution in [3.8, 4) is 0 Å². The van der Waals surface area contributed by atoms with Gasteiger partial charge in [-0.05, 0) is 17.7 Å². The van der Waals surface area contributed by atoms with Crippen LogP contribution in [0.15, 0.2) is 35.1 Å². The maximum atomic E-state index is 11.9. The van der Waals surface area contributed by atoms with Gasteiger partial charge in [0.05, 0.1) is 0 Å². The van der Waals surface area contributed by atoms with E-state index in [1.54, 1.807) is 12.1 Å². The molecule has 0 fully saturated rings. The largest absolute Gasteiger partial charge is 0.383 e. The van der Waals surface area contributed by atoms with E-state index in [4.69, 9.17) is 11.5 Å². The van der Waals surface area contributed by atoms with Gasteiger partial charge in [-0.2, -0.15) is 0 Å². The molecule has 0 spiro atoms. The summed E-state index contributed by atoms with van der Waals surface area (Å²) in [5.74, 6) is 0.418. The highest BCUT2D eigenvalue weighted by atomic mass is 16.1. The molecule has 7 nitrogen and oxygen atoms in total. The van der Waals surface area contributed by atoms with Gasteiger partial charge in [0.2, 0.25) is 0 Å². The lowest BCUT2D eigenvalue weighted by Crippen LogP contribution is -2.27. The zero-order valence-electron chi connectivity index (χ0n) is 11.4. The lowest BCUT2D eigenvalue weighted by Gasteiger charge is -2.06. The van der Waals surface area contributed by atoms with Gasteiger partial charge in [-0.1, -0.05) is 12.1 Å². The summed E-state index contributed by atoms with van der Waals surface area (Å²) in [6.07, 6.45) is 0.396. The van der Waals surface area contributed by atoms with Crippen LogP contribution in [-0.4, -0.2) is 22.4 Å². The number of H-pyrrole nitrogens is 1. The average molecular weight is 287 g/mol. The summed E-state index contributed by atoms with van der Waals surface area (Å²) in [5.41, 5.74) is 12.2. The molecule has 7 heteroatoms. The van der Waals surface area contributed by atoms with Crippen LogP contribution in [0.1, 0.15) is 21.7 Å². The standard InChI is InChI=1S/C14H17N5O2/c15-8-9-1-3-10(4-2-9)14(21)17-6-5-12-18-11(16)7-13(20)19-12/h1-4,7H,5-6,8,15H2,(H,17,21)(H3,16,18,19,20). The molecule has 2 aromatic rings. The van der Waals surface area contributed by atoms with Crippen molar-refractivity contribution in [2.24, 2.45) is 5.73 Å². The molecule has 110 valence electrons. The first kappa shape index (κ1) is 14.7. The number of aromatic nitrogens is 2. The van der Waals surface area contributed by atoms with Crippen molar-refractivity contribution in [2.75, 3.05) is 12.3 Å². The zero-order valence-corrected chi connectivity index (χ0v) is 11.4. The van der Waals surface area contributed by atoms with Crippen molar-refractivity contribution in [1.29, 1.82) is 0 Å². The van der Waals surface area contributed by atoms with E-state index in [0.717, 1.165) is 5.56 Å². The Balaban J connectivity index is 1.90. The predicted octanol–water partition coefficient (Wildman–Crippen LogP) is -0.217. The SMILES string of the molecule is NCc1ccc(C(=O)NCCc2nc(N)cc(=O)[nH]2)cc1. The number of nitrogens with zero attached hydrogens (tertiary/aromatic N) is 1. The first-order valence-corrected chi connectivity index (χ1v) is 6.51. The summed E-state index contributed by atoms with van der Waals surface area (Å²) in [5, 5.41) is 2.75. The molecule has 6 N–H and O–H groups in total. The summed E-state index contributed by atoms with van der Waals surface area (Å²) in [6.45, 7) is 0.792. The molecular weight excluding hydrogens is 270 g/mol. The van der Waals surface area contributed by atoms with E-state index >= 15 is 0 Å². The minimum atomic E-state index is -0.304. The van der Waals surface area contributed by atoms with Gasteiger partial charge in [0.15, 0.2) is 0 Å². The third kappa shape index (κ3) is 4.15. The molecule has 0 atom stereocenters. The molecular formula is C14H17N5O2. The van der Waals surface area contributed by atoms with Crippen molar-refractivity contribution in [1.82, 2.24) is 15.3 Å². The van der Waals surface area contributed by atoms with Crippen LogP contribution >= 0.6 is 0 Å².